The third-order valence-corrected chi connectivity index (χ3v) is 5.99. The molecule has 3 heterocycles. The Hall–Kier alpha value is -3.62. The van der Waals surface area contributed by atoms with Crippen molar-refractivity contribution >= 4 is 12.0 Å². The largest absolute Gasteiger partial charge is 0.481 e. The first kappa shape index (κ1) is 21.6. The molecular formula is C23H28N6O3. The number of aryl methyl sites for hydroxylation is 1. The van der Waals surface area contributed by atoms with Crippen LogP contribution in [-0.4, -0.2) is 57.2 Å². The molecule has 0 bridgehead atoms. The topological polar surface area (TPSA) is 105 Å². The Bertz CT molecular complexity index is 1030. The summed E-state index contributed by atoms with van der Waals surface area (Å²) in [5.41, 5.74) is 2.01. The molecular weight excluding hydrogens is 408 g/mol. The van der Waals surface area contributed by atoms with E-state index >= 15 is 0 Å². The molecule has 0 saturated carbocycles. The average Bonchev–Trinajstić information content (AvgIpc) is 3.20. The molecule has 0 aliphatic carbocycles. The van der Waals surface area contributed by atoms with E-state index < -0.39 is 6.09 Å². The van der Waals surface area contributed by atoms with Crippen molar-refractivity contribution in [2.45, 2.75) is 32.2 Å². The summed E-state index contributed by atoms with van der Waals surface area (Å²) in [7, 11) is 1.59. The van der Waals surface area contributed by atoms with Crippen LogP contribution in [0.15, 0.2) is 48.7 Å². The molecule has 0 spiro atoms. The van der Waals surface area contributed by atoms with Crippen molar-refractivity contribution in [3.63, 3.8) is 0 Å². The standard InChI is InChI=1S/C23H28N6O3/c1-16-26-27-22(29(16)19-8-9-21(32-2)24-15-19)28-12-10-18(11-13-28)20(25-23(30)31)14-17-6-4-3-5-7-17/h3-9,15,18,20,25H,10-14H2,1-2H3,(H,30,31). The maximum absolute atomic E-state index is 11.4. The van der Waals surface area contributed by atoms with Gasteiger partial charge in [-0.15, -0.1) is 10.2 Å². The molecule has 1 amide bonds. The Morgan fingerprint density at radius 2 is 1.94 bits per heavy atom. The number of nitrogens with zero attached hydrogens (tertiary/aromatic N) is 5. The fourth-order valence-electron chi connectivity index (χ4n) is 4.35. The molecule has 2 aromatic heterocycles. The number of ether oxygens (including phenoxy) is 1. The third kappa shape index (κ3) is 4.82. The Balaban J connectivity index is 1.47. The Labute approximate surface area is 187 Å². The number of hydrogen-bond donors (Lipinski definition) is 2. The van der Waals surface area contributed by atoms with Crippen LogP contribution in [0, 0.1) is 12.8 Å². The van der Waals surface area contributed by atoms with Crippen LogP contribution < -0.4 is 15.0 Å². The van der Waals surface area contributed by atoms with Crippen LogP contribution in [0.1, 0.15) is 24.2 Å². The Morgan fingerprint density at radius 1 is 1.19 bits per heavy atom. The monoisotopic (exact) mass is 436 g/mol. The quantitative estimate of drug-likeness (QED) is 0.586. The van der Waals surface area contributed by atoms with Gasteiger partial charge < -0.3 is 20.1 Å². The van der Waals surface area contributed by atoms with Gasteiger partial charge >= 0.3 is 6.09 Å². The van der Waals surface area contributed by atoms with Crippen LogP contribution in [0.3, 0.4) is 0 Å². The number of hydrogen-bond acceptors (Lipinski definition) is 6. The van der Waals surface area contributed by atoms with Crippen molar-refractivity contribution in [1.82, 2.24) is 25.1 Å². The molecule has 1 fully saturated rings. The first-order valence-electron chi connectivity index (χ1n) is 10.8. The third-order valence-electron chi connectivity index (χ3n) is 5.99. The second-order valence-corrected chi connectivity index (χ2v) is 8.01. The molecule has 0 radical (unpaired) electrons. The fourth-order valence-corrected chi connectivity index (χ4v) is 4.35. The van der Waals surface area contributed by atoms with Gasteiger partial charge in [-0.2, -0.15) is 0 Å². The van der Waals surface area contributed by atoms with E-state index in [-0.39, 0.29) is 12.0 Å². The molecule has 2 N–H and O–H groups in total. The summed E-state index contributed by atoms with van der Waals surface area (Å²) in [5.74, 6) is 2.36. The van der Waals surface area contributed by atoms with Crippen LogP contribution >= 0.6 is 0 Å². The zero-order valence-corrected chi connectivity index (χ0v) is 18.3. The van der Waals surface area contributed by atoms with Gasteiger partial charge in [0.2, 0.25) is 11.8 Å². The second-order valence-electron chi connectivity index (χ2n) is 8.01. The molecule has 32 heavy (non-hydrogen) atoms. The van der Waals surface area contributed by atoms with Crippen molar-refractivity contribution in [2.24, 2.45) is 5.92 Å². The van der Waals surface area contributed by atoms with Gasteiger partial charge in [0.25, 0.3) is 0 Å². The lowest BCUT2D eigenvalue weighted by atomic mass is 9.86. The lowest BCUT2D eigenvalue weighted by Gasteiger charge is -2.36. The molecule has 3 aromatic rings. The summed E-state index contributed by atoms with van der Waals surface area (Å²) < 4.78 is 7.15. The zero-order valence-electron chi connectivity index (χ0n) is 18.3. The molecule has 1 aromatic carbocycles. The summed E-state index contributed by atoms with van der Waals surface area (Å²) in [6.07, 6.45) is 3.19. The Kier molecular flexibility index (Phi) is 6.53. The van der Waals surface area contributed by atoms with Gasteiger partial charge in [0, 0.05) is 25.2 Å². The number of piperidine rings is 1. The van der Waals surface area contributed by atoms with Crippen molar-refractivity contribution in [1.29, 1.82) is 0 Å². The number of rotatable bonds is 7. The number of aromatic nitrogens is 4. The summed E-state index contributed by atoms with van der Waals surface area (Å²) in [5, 5.41) is 20.8. The van der Waals surface area contributed by atoms with Gasteiger partial charge in [0.05, 0.1) is 19.0 Å². The van der Waals surface area contributed by atoms with E-state index in [0.29, 0.717) is 12.3 Å². The summed E-state index contributed by atoms with van der Waals surface area (Å²) in [6.45, 7) is 3.47. The van der Waals surface area contributed by atoms with Gasteiger partial charge in [-0.3, -0.25) is 4.57 Å². The van der Waals surface area contributed by atoms with Crippen LogP contribution in [-0.2, 0) is 6.42 Å². The van der Waals surface area contributed by atoms with Crippen molar-refractivity contribution in [3.05, 3.63) is 60.0 Å². The number of carbonyl (C=O) groups is 1. The molecule has 9 heteroatoms. The van der Waals surface area contributed by atoms with E-state index in [4.69, 9.17) is 4.74 Å². The second kappa shape index (κ2) is 9.67. The molecule has 9 nitrogen and oxygen atoms in total. The molecule has 168 valence electrons. The van der Waals surface area contributed by atoms with Crippen molar-refractivity contribution in [3.8, 4) is 11.6 Å². The minimum Gasteiger partial charge on any atom is -0.481 e. The number of pyridine rings is 1. The van der Waals surface area contributed by atoms with Crippen LogP contribution in [0.25, 0.3) is 5.69 Å². The number of anilines is 1. The fraction of sp³-hybridized carbons (Fsp3) is 0.391. The smallest absolute Gasteiger partial charge is 0.404 e. The molecule has 1 unspecified atom stereocenters. The predicted molar refractivity (Wildman–Crippen MR) is 120 cm³/mol. The van der Waals surface area contributed by atoms with E-state index in [1.807, 2.05) is 54.0 Å². The maximum atomic E-state index is 11.4. The minimum absolute atomic E-state index is 0.123. The maximum Gasteiger partial charge on any atom is 0.404 e. The highest BCUT2D eigenvalue weighted by molar-refractivity contribution is 5.65. The normalized spacial score (nSPS) is 15.4. The van der Waals surface area contributed by atoms with Gasteiger partial charge in [-0.25, -0.2) is 9.78 Å². The van der Waals surface area contributed by atoms with Crippen LogP contribution in [0.4, 0.5) is 10.7 Å². The number of nitrogens with one attached hydrogen (secondary N) is 1. The Morgan fingerprint density at radius 3 is 2.56 bits per heavy atom. The first-order chi connectivity index (χ1) is 15.5. The van der Waals surface area contributed by atoms with Gasteiger partial charge in [-0.05, 0) is 43.7 Å². The van der Waals surface area contributed by atoms with Crippen LogP contribution in [0.2, 0.25) is 0 Å². The van der Waals surface area contributed by atoms with E-state index in [0.717, 1.165) is 49.0 Å². The van der Waals surface area contributed by atoms with Gasteiger partial charge in [-0.1, -0.05) is 30.3 Å². The van der Waals surface area contributed by atoms with Crippen molar-refractivity contribution < 1.29 is 14.6 Å². The predicted octanol–water partition coefficient (Wildman–Crippen LogP) is 3.07. The number of methoxy groups -OCH3 is 1. The molecule has 1 atom stereocenters. The molecule has 1 saturated heterocycles. The minimum atomic E-state index is -0.976. The molecule has 1 aliphatic heterocycles. The number of benzene rings is 1. The summed E-state index contributed by atoms with van der Waals surface area (Å²) in [6, 6.07) is 13.7. The highest BCUT2D eigenvalue weighted by atomic mass is 16.5. The lowest BCUT2D eigenvalue weighted by molar-refractivity contribution is 0.180. The van der Waals surface area contributed by atoms with Crippen LogP contribution in [0.5, 0.6) is 5.88 Å². The van der Waals surface area contributed by atoms with E-state index in [1.54, 1.807) is 13.3 Å². The number of amides is 1. The summed E-state index contributed by atoms with van der Waals surface area (Å²) >= 11 is 0. The van der Waals surface area contributed by atoms with Gasteiger partial charge in [0.15, 0.2) is 0 Å². The molecule has 1 aliphatic rings. The highest BCUT2D eigenvalue weighted by Crippen LogP contribution is 2.28. The van der Waals surface area contributed by atoms with Crippen molar-refractivity contribution in [2.75, 3.05) is 25.1 Å². The summed E-state index contributed by atoms with van der Waals surface area (Å²) in [4.78, 5) is 17.9. The van der Waals surface area contributed by atoms with E-state index in [2.05, 4.69) is 25.4 Å². The van der Waals surface area contributed by atoms with Gasteiger partial charge in [0.1, 0.15) is 5.82 Å². The first-order valence-corrected chi connectivity index (χ1v) is 10.8. The highest BCUT2D eigenvalue weighted by Gasteiger charge is 2.30. The SMILES string of the molecule is COc1ccc(-n2c(C)nnc2N2CCC(C(Cc3ccccc3)NC(=O)O)CC2)cn1. The average molecular weight is 437 g/mol. The number of carboxylic acid groups (broad SMARTS) is 1. The zero-order chi connectivity index (χ0) is 22.5. The molecule has 4 rings (SSSR count). The van der Waals surface area contributed by atoms with E-state index in [9.17, 15) is 9.90 Å². The van der Waals surface area contributed by atoms with E-state index in [1.165, 1.54) is 0 Å². The lowest BCUT2D eigenvalue weighted by Crippen LogP contribution is -2.46.